The summed E-state index contributed by atoms with van der Waals surface area (Å²) in [5.41, 5.74) is 0. The monoisotopic (exact) mass is 303 g/mol. The van der Waals surface area contributed by atoms with Gasteiger partial charge in [-0.1, -0.05) is 15.9 Å². The van der Waals surface area contributed by atoms with Crippen LogP contribution in [0.25, 0.3) is 0 Å². The summed E-state index contributed by atoms with van der Waals surface area (Å²) < 4.78 is 42.5. The van der Waals surface area contributed by atoms with Crippen molar-refractivity contribution in [2.24, 2.45) is 0 Å². The van der Waals surface area contributed by atoms with E-state index >= 15 is 0 Å². The van der Waals surface area contributed by atoms with Crippen LogP contribution in [-0.2, 0) is 4.74 Å². The largest absolute Gasteiger partial charge is 0.402 e. The van der Waals surface area contributed by atoms with Gasteiger partial charge >= 0.3 is 6.18 Å². The normalized spacial score (nSPS) is 25.7. The van der Waals surface area contributed by atoms with E-state index in [2.05, 4.69) is 15.9 Å². The van der Waals surface area contributed by atoms with E-state index in [-0.39, 0.29) is 12.6 Å². The van der Waals surface area contributed by atoms with Gasteiger partial charge in [-0.25, -0.2) is 0 Å². The third-order valence-corrected chi connectivity index (χ3v) is 3.45. The number of likely N-dealkylation sites (tertiary alicyclic amines) is 1. The minimum Gasteiger partial charge on any atom is -0.377 e. The molecule has 0 saturated carbocycles. The first-order valence-electron chi connectivity index (χ1n) is 5.48. The topological polar surface area (TPSA) is 12.5 Å². The summed E-state index contributed by atoms with van der Waals surface area (Å²) in [5, 5.41) is 0. The van der Waals surface area contributed by atoms with Gasteiger partial charge in [0.2, 0.25) is 0 Å². The molecule has 0 radical (unpaired) electrons. The average Bonchev–Trinajstić information content (AvgIpc) is 2.17. The molecule has 0 aromatic heterocycles. The molecule has 1 saturated heterocycles. The summed E-state index contributed by atoms with van der Waals surface area (Å²) in [7, 11) is 0. The van der Waals surface area contributed by atoms with Crippen LogP contribution in [0, 0.1) is 0 Å². The predicted molar refractivity (Wildman–Crippen MR) is 59.9 cm³/mol. The molecule has 1 fully saturated rings. The molecule has 6 heteroatoms. The summed E-state index contributed by atoms with van der Waals surface area (Å²) in [5.74, 6) is 0. The number of rotatable bonds is 4. The second kappa shape index (κ2) is 6.21. The average molecular weight is 304 g/mol. The van der Waals surface area contributed by atoms with Gasteiger partial charge in [-0.15, -0.1) is 0 Å². The van der Waals surface area contributed by atoms with Crippen molar-refractivity contribution in [1.82, 2.24) is 4.90 Å². The first-order chi connectivity index (χ1) is 7.43. The first-order valence-corrected chi connectivity index (χ1v) is 6.39. The number of hydrogen-bond donors (Lipinski definition) is 0. The van der Waals surface area contributed by atoms with Crippen molar-refractivity contribution < 1.29 is 17.9 Å². The van der Waals surface area contributed by atoms with Crippen LogP contribution in [0.15, 0.2) is 0 Å². The quantitative estimate of drug-likeness (QED) is 0.741. The number of ether oxygens (including phenoxy) is 1. The molecule has 2 unspecified atom stereocenters. The van der Waals surface area contributed by atoms with Crippen LogP contribution in [0.2, 0.25) is 0 Å². The molecule has 0 spiro atoms. The third-order valence-electron chi connectivity index (χ3n) is 2.64. The maximum Gasteiger partial charge on any atom is 0.402 e. The van der Waals surface area contributed by atoms with E-state index in [0.29, 0.717) is 13.2 Å². The Bertz CT molecular complexity index is 211. The van der Waals surface area contributed by atoms with Crippen LogP contribution < -0.4 is 0 Å². The summed E-state index contributed by atoms with van der Waals surface area (Å²) >= 11 is 2.69. The Morgan fingerprint density at radius 3 is 2.75 bits per heavy atom. The molecule has 96 valence electrons. The second-order valence-corrected chi connectivity index (χ2v) is 5.09. The SMILES string of the molecule is CCOC1CCCN(CC(Br)C(F)(F)F)C1. The lowest BCUT2D eigenvalue weighted by molar-refractivity contribution is -0.132. The molecule has 16 heavy (non-hydrogen) atoms. The summed E-state index contributed by atoms with van der Waals surface area (Å²) in [4.78, 5) is 0.372. The van der Waals surface area contributed by atoms with Crippen LogP contribution >= 0.6 is 15.9 Å². The number of piperidine rings is 1. The third kappa shape index (κ3) is 4.59. The molecule has 1 rings (SSSR count). The zero-order valence-corrected chi connectivity index (χ0v) is 10.9. The highest BCUT2D eigenvalue weighted by atomic mass is 79.9. The highest BCUT2D eigenvalue weighted by Gasteiger charge is 2.39. The summed E-state index contributed by atoms with van der Waals surface area (Å²) in [6.45, 7) is 3.86. The molecule has 0 aromatic rings. The highest BCUT2D eigenvalue weighted by molar-refractivity contribution is 9.09. The molecule has 2 nitrogen and oxygen atoms in total. The van der Waals surface area contributed by atoms with Crippen molar-refractivity contribution in [2.75, 3.05) is 26.2 Å². The van der Waals surface area contributed by atoms with Crippen molar-refractivity contribution in [3.05, 3.63) is 0 Å². The minimum atomic E-state index is -4.17. The van der Waals surface area contributed by atoms with Crippen LogP contribution in [0.1, 0.15) is 19.8 Å². The van der Waals surface area contributed by atoms with Crippen LogP contribution in [0.5, 0.6) is 0 Å². The zero-order valence-electron chi connectivity index (χ0n) is 9.26. The lowest BCUT2D eigenvalue weighted by Gasteiger charge is -2.33. The number of hydrogen-bond acceptors (Lipinski definition) is 2. The second-order valence-electron chi connectivity index (χ2n) is 3.99. The molecule has 0 N–H and O–H groups in total. The van der Waals surface area contributed by atoms with Crippen LogP contribution in [-0.4, -0.2) is 48.2 Å². The Hall–Kier alpha value is 0.190. The van der Waals surface area contributed by atoms with Crippen molar-refractivity contribution in [2.45, 2.75) is 36.9 Å². The lowest BCUT2D eigenvalue weighted by atomic mass is 10.1. The van der Waals surface area contributed by atoms with Crippen molar-refractivity contribution in [1.29, 1.82) is 0 Å². The predicted octanol–water partition coefficient (Wildman–Crippen LogP) is 2.81. The van der Waals surface area contributed by atoms with Gasteiger partial charge in [-0.05, 0) is 26.3 Å². The van der Waals surface area contributed by atoms with Gasteiger partial charge in [-0.2, -0.15) is 13.2 Å². The fourth-order valence-electron chi connectivity index (χ4n) is 1.88. The van der Waals surface area contributed by atoms with Gasteiger partial charge < -0.3 is 4.74 Å². The van der Waals surface area contributed by atoms with Gasteiger partial charge in [0.15, 0.2) is 0 Å². The molecule has 0 aromatic carbocycles. The molecular formula is C10H17BrF3NO. The van der Waals surface area contributed by atoms with Crippen LogP contribution in [0.3, 0.4) is 0 Å². The Balaban J connectivity index is 2.37. The zero-order chi connectivity index (χ0) is 12.2. The van der Waals surface area contributed by atoms with Gasteiger partial charge in [0.25, 0.3) is 0 Å². The summed E-state index contributed by atoms with van der Waals surface area (Å²) in [6, 6.07) is 0. The molecule has 0 amide bonds. The molecule has 1 aliphatic heterocycles. The van der Waals surface area contributed by atoms with E-state index in [4.69, 9.17) is 4.74 Å². The van der Waals surface area contributed by atoms with Gasteiger partial charge in [0.05, 0.1) is 6.10 Å². The Morgan fingerprint density at radius 1 is 1.50 bits per heavy atom. The number of nitrogens with zero attached hydrogens (tertiary/aromatic N) is 1. The van der Waals surface area contributed by atoms with E-state index in [1.807, 2.05) is 11.8 Å². The Labute approximate surface area is 102 Å². The molecule has 1 heterocycles. The van der Waals surface area contributed by atoms with Gasteiger partial charge in [0.1, 0.15) is 4.83 Å². The Morgan fingerprint density at radius 2 is 2.19 bits per heavy atom. The van der Waals surface area contributed by atoms with Crippen LogP contribution in [0.4, 0.5) is 13.2 Å². The molecule has 1 aliphatic rings. The van der Waals surface area contributed by atoms with E-state index in [9.17, 15) is 13.2 Å². The Kier molecular flexibility index (Phi) is 5.53. The van der Waals surface area contributed by atoms with E-state index in [1.54, 1.807) is 0 Å². The summed E-state index contributed by atoms with van der Waals surface area (Å²) in [6.07, 6.45) is -2.23. The van der Waals surface area contributed by atoms with Gasteiger partial charge in [-0.3, -0.25) is 4.90 Å². The number of halogens is 4. The van der Waals surface area contributed by atoms with E-state index in [1.165, 1.54) is 0 Å². The fraction of sp³-hybridized carbons (Fsp3) is 1.00. The maximum absolute atomic E-state index is 12.3. The first kappa shape index (κ1) is 14.3. The molecule has 0 bridgehead atoms. The van der Waals surface area contributed by atoms with Crippen molar-refractivity contribution in [3.8, 4) is 0 Å². The van der Waals surface area contributed by atoms with E-state index < -0.39 is 11.0 Å². The molecule has 0 aliphatic carbocycles. The standard InChI is InChI=1S/C10H17BrF3NO/c1-2-16-8-4-3-5-15(6-8)7-9(11)10(12,13)14/h8-9H,2-7H2,1H3. The highest BCUT2D eigenvalue weighted by Crippen LogP contribution is 2.28. The van der Waals surface area contributed by atoms with Crippen molar-refractivity contribution in [3.63, 3.8) is 0 Å². The smallest absolute Gasteiger partial charge is 0.377 e. The number of alkyl halides is 4. The van der Waals surface area contributed by atoms with Crippen molar-refractivity contribution >= 4 is 15.9 Å². The van der Waals surface area contributed by atoms with Gasteiger partial charge in [0, 0.05) is 19.7 Å². The molecular weight excluding hydrogens is 287 g/mol. The lowest BCUT2D eigenvalue weighted by Crippen LogP contribution is -2.45. The fourth-order valence-corrected chi connectivity index (χ4v) is 2.29. The maximum atomic E-state index is 12.3. The minimum absolute atomic E-state index is 0.00702. The van der Waals surface area contributed by atoms with E-state index in [0.717, 1.165) is 19.4 Å². The molecule has 2 atom stereocenters.